The van der Waals surface area contributed by atoms with Gasteiger partial charge in [0.2, 0.25) is 11.8 Å². The molecule has 0 bridgehead atoms. The highest BCUT2D eigenvalue weighted by Gasteiger charge is 2.15. The molecular weight excluding hydrogens is 356 g/mol. The molecule has 1 heterocycles. The van der Waals surface area contributed by atoms with Gasteiger partial charge in [0.05, 0.1) is 16.8 Å². The fourth-order valence-corrected chi connectivity index (χ4v) is 4.07. The number of carbonyl (C=O) groups excluding carboxylic acids is 2. The van der Waals surface area contributed by atoms with Crippen LogP contribution in [0.15, 0.2) is 77.7 Å². The van der Waals surface area contributed by atoms with Crippen LogP contribution in [-0.2, 0) is 4.79 Å². The number of hydrogen-bond donors (Lipinski definition) is 1. The summed E-state index contributed by atoms with van der Waals surface area (Å²) in [6.45, 7) is 1.48. The molecule has 5 heteroatoms. The van der Waals surface area contributed by atoms with Gasteiger partial charge in [-0.1, -0.05) is 42.5 Å². The van der Waals surface area contributed by atoms with Gasteiger partial charge >= 0.3 is 0 Å². The molecule has 0 aliphatic rings. The summed E-state index contributed by atoms with van der Waals surface area (Å²) in [7, 11) is 0. The van der Waals surface area contributed by atoms with Gasteiger partial charge < -0.3 is 5.32 Å². The first kappa shape index (κ1) is 17.4. The van der Waals surface area contributed by atoms with Gasteiger partial charge in [0.25, 0.3) is 0 Å². The number of nitrogens with one attached hydrogen (secondary N) is 1. The van der Waals surface area contributed by atoms with Gasteiger partial charge in [0, 0.05) is 28.3 Å². The lowest BCUT2D eigenvalue weighted by Gasteiger charge is -2.08. The summed E-state index contributed by atoms with van der Waals surface area (Å²) in [6, 6.07) is 23.5. The topological polar surface area (TPSA) is 51.1 Å². The number of hydrogen-bond acceptors (Lipinski definition) is 3. The molecule has 1 N–H and O–H groups in total. The van der Waals surface area contributed by atoms with Gasteiger partial charge in [-0.3, -0.25) is 14.2 Å². The van der Waals surface area contributed by atoms with Crippen molar-refractivity contribution in [1.82, 2.24) is 4.57 Å². The first-order chi connectivity index (χ1) is 13.1. The molecule has 0 saturated heterocycles. The van der Waals surface area contributed by atoms with Gasteiger partial charge in [-0.05, 0) is 30.3 Å². The van der Waals surface area contributed by atoms with Crippen molar-refractivity contribution in [3.8, 4) is 0 Å². The molecule has 4 rings (SSSR count). The zero-order chi connectivity index (χ0) is 18.8. The number of amides is 1. The van der Waals surface area contributed by atoms with E-state index < -0.39 is 0 Å². The lowest BCUT2D eigenvalue weighted by Crippen LogP contribution is -2.12. The number of nitrogens with zero attached hydrogens (tertiary/aromatic N) is 1. The number of para-hydroxylation sites is 2. The molecule has 0 aliphatic carbocycles. The van der Waals surface area contributed by atoms with Crippen LogP contribution in [0.5, 0.6) is 0 Å². The molecule has 4 nitrogen and oxygen atoms in total. The van der Waals surface area contributed by atoms with E-state index in [9.17, 15) is 9.59 Å². The maximum absolute atomic E-state index is 13.0. The van der Waals surface area contributed by atoms with Crippen LogP contribution in [-0.4, -0.2) is 22.1 Å². The summed E-state index contributed by atoms with van der Waals surface area (Å²) in [5.74, 6) is 0.229. The molecule has 1 aromatic heterocycles. The molecule has 0 fully saturated rings. The number of fused-ring (bicyclic) bond motifs is 3. The summed E-state index contributed by atoms with van der Waals surface area (Å²) in [6.07, 6.45) is 0. The third-order valence-electron chi connectivity index (χ3n) is 4.35. The SMILES string of the molecule is CC(=O)Nc1cccc(SCC(=O)n2c3ccccc3c3ccccc32)c1. The van der Waals surface area contributed by atoms with E-state index in [0.717, 1.165) is 32.4 Å². The Kier molecular flexibility index (Phi) is 4.69. The maximum Gasteiger partial charge on any atom is 0.241 e. The number of anilines is 1. The van der Waals surface area contributed by atoms with Gasteiger partial charge in [0.15, 0.2) is 0 Å². The van der Waals surface area contributed by atoms with Crippen molar-refractivity contribution in [2.75, 3.05) is 11.1 Å². The van der Waals surface area contributed by atoms with Crippen LogP contribution in [0.4, 0.5) is 5.69 Å². The Labute approximate surface area is 161 Å². The monoisotopic (exact) mass is 374 g/mol. The molecule has 0 radical (unpaired) electrons. The van der Waals surface area contributed by atoms with Crippen LogP contribution in [0, 0.1) is 0 Å². The predicted molar refractivity (Wildman–Crippen MR) is 112 cm³/mol. The van der Waals surface area contributed by atoms with Crippen molar-refractivity contribution >= 4 is 51.1 Å². The standard InChI is InChI=1S/C22H18N2O2S/c1-15(25)23-16-7-6-8-17(13-16)27-14-22(26)24-20-11-4-2-9-18(20)19-10-3-5-12-21(19)24/h2-13H,14H2,1H3,(H,23,25). The van der Waals surface area contributed by atoms with E-state index in [4.69, 9.17) is 0 Å². The quantitative estimate of drug-likeness (QED) is 0.501. The molecule has 0 atom stereocenters. The van der Waals surface area contributed by atoms with Crippen LogP contribution in [0.2, 0.25) is 0 Å². The van der Waals surface area contributed by atoms with E-state index in [1.807, 2.05) is 72.8 Å². The normalized spacial score (nSPS) is 11.0. The Hall–Kier alpha value is -3.05. The Balaban J connectivity index is 1.63. The van der Waals surface area contributed by atoms with Gasteiger partial charge in [0.1, 0.15) is 0 Å². The van der Waals surface area contributed by atoms with Gasteiger partial charge in [-0.2, -0.15) is 0 Å². The van der Waals surface area contributed by atoms with E-state index in [1.165, 1.54) is 18.7 Å². The number of thioether (sulfide) groups is 1. The molecule has 134 valence electrons. The minimum atomic E-state index is -0.112. The molecule has 0 aliphatic heterocycles. The second-order valence-electron chi connectivity index (χ2n) is 6.26. The largest absolute Gasteiger partial charge is 0.326 e. The predicted octanol–water partition coefficient (Wildman–Crippen LogP) is 5.19. The summed E-state index contributed by atoms with van der Waals surface area (Å²) in [4.78, 5) is 25.2. The van der Waals surface area contributed by atoms with Gasteiger partial charge in [-0.15, -0.1) is 11.8 Å². The summed E-state index contributed by atoms with van der Waals surface area (Å²) >= 11 is 1.46. The zero-order valence-corrected chi connectivity index (χ0v) is 15.6. The van der Waals surface area contributed by atoms with Crippen molar-refractivity contribution in [3.05, 3.63) is 72.8 Å². The van der Waals surface area contributed by atoms with Crippen LogP contribution in [0.1, 0.15) is 11.7 Å². The first-order valence-electron chi connectivity index (χ1n) is 8.65. The van der Waals surface area contributed by atoms with Crippen LogP contribution < -0.4 is 5.32 Å². The highest BCUT2D eigenvalue weighted by molar-refractivity contribution is 8.00. The average molecular weight is 374 g/mol. The molecule has 0 spiro atoms. The van der Waals surface area contributed by atoms with E-state index in [0.29, 0.717) is 5.75 Å². The number of benzene rings is 3. The highest BCUT2D eigenvalue weighted by Crippen LogP contribution is 2.30. The van der Waals surface area contributed by atoms with Crippen LogP contribution in [0.25, 0.3) is 21.8 Å². The van der Waals surface area contributed by atoms with E-state index in [2.05, 4.69) is 5.32 Å². The Morgan fingerprint density at radius 1 is 0.889 bits per heavy atom. The molecule has 0 unspecified atom stereocenters. The summed E-state index contributed by atoms with van der Waals surface area (Å²) < 4.78 is 1.80. The van der Waals surface area contributed by atoms with Crippen LogP contribution >= 0.6 is 11.8 Å². The molecule has 4 aromatic rings. The van der Waals surface area contributed by atoms with Gasteiger partial charge in [-0.25, -0.2) is 0 Å². The number of aromatic nitrogens is 1. The summed E-state index contributed by atoms with van der Waals surface area (Å²) in [5.41, 5.74) is 2.59. The lowest BCUT2D eigenvalue weighted by molar-refractivity contribution is -0.114. The third kappa shape index (κ3) is 3.46. The molecule has 3 aromatic carbocycles. The van der Waals surface area contributed by atoms with E-state index in [-0.39, 0.29) is 11.8 Å². The summed E-state index contributed by atoms with van der Waals surface area (Å²) in [5, 5.41) is 4.93. The molecular formula is C22H18N2O2S. The molecule has 27 heavy (non-hydrogen) atoms. The number of rotatable bonds is 4. The Bertz CT molecular complexity index is 1110. The second-order valence-corrected chi connectivity index (χ2v) is 7.31. The van der Waals surface area contributed by atoms with Crippen molar-refractivity contribution in [2.24, 2.45) is 0 Å². The maximum atomic E-state index is 13.0. The lowest BCUT2D eigenvalue weighted by atomic mass is 10.2. The van der Waals surface area contributed by atoms with Crippen molar-refractivity contribution < 1.29 is 9.59 Å². The van der Waals surface area contributed by atoms with Crippen LogP contribution in [0.3, 0.4) is 0 Å². The van der Waals surface area contributed by atoms with E-state index >= 15 is 0 Å². The minimum absolute atomic E-state index is 0.0299. The molecule has 1 amide bonds. The fraction of sp³-hybridized carbons (Fsp3) is 0.0909. The Morgan fingerprint density at radius 3 is 2.15 bits per heavy atom. The highest BCUT2D eigenvalue weighted by atomic mass is 32.2. The second kappa shape index (κ2) is 7.29. The van der Waals surface area contributed by atoms with Crippen molar-refractivity contribution in [2.45, 2.75) is 11.8 Å². The average Bonchev–Trinajstić information content (AvgIpc) is 3.00. The van der Waals surface area contributed by atoms with E-state index in [1.54, 1.807) is 4.57 Å². The van der Waals surface area contributed by atoms with Crippen molar-refractivity contribution in [1.29, 1.82) is 0 Å². The molecule has 0 saturated carbocycles. The first-order valence-corrected chi connectivity index (χ1v) is 9.64. The fourth-order valence-electron chi connectivity index (χ4n) is 3.27. The zero-order valence-electron chi connectivity index (χ0n) is 14.8. The number of carbonyl (C=O) groups is 2. The minimum Gasteiger partial charge on any atom is -0.326 e. The van der Waals surface area contributed by atoms with Crippen molar-refractivity contribution in [3.63, 3.8) is 0 Å². The smallest absolute Gasteiger partial charge is 0.241 e. The Morgan fingerprint density at radius 2 is 1.52 bits per heavy atom. The third-order valence-corrected chi connectivity index (χ3v) is 5.32.